The summed E-state index contributed by atoms with van der Waals surface area (Å²) in [5.74, 6) is -0.282. The monoisotopic (exact) mass is 283 g/mol. The van der Waals surface area contributed by atoms with Crippen molar-refractivity contribution in [3.8, 4) is 0 Å². The van der Waals surface area contributed by atoms with Gasteiger partial charge in [0.05, 0.1) is 5.56 Å². The number of carbonyl (C=O) groups is 1. The summed E-state index contributed by atoms with van der Waals surface area (Å²) in [4.78, 5) is 12.0. The standard InChI is InChI=1S/C15H19ClFNO/c1-11-4-5-13(17)12(8-11)14(19)18-10-15(9-16)6-2-3-7-15/h4-5,8H,2-3,6-7,9-10H2,1H3,(H,18,19). The van der Waals surface area contributed by atoms with E-state index < -0.39 is 5.82 Å². The molecule has 1 aromatic rings. The van der Waals surface area contributed by atoms with E-state index in [1.165, 1.54) is 6.07 Å². The van der Waals surface area contributed by atoms with E-state index in [4.69, 9.17) is 11.6 Å². The fraction of sp³-hybridized carbons (Fsp3) is 0.533. The highest BCUT2D eigenvalue weighted by Crippen LogP contribution is 2.38. The van der Waals surface area contributed by atoms with Gasteiger partial charge < -0.3 is 5.32 Å². The van der Waals surface area contributed by atoms with Crippen molar-refractivity contribution >= 4 is 17.5 Å². The van der Waals surface area contributed by atoms with Crippen LogP contribution < -0.4 is 5.32 Å². The van der Waals surface area contributed by atoms with Gasteiger partial charge in [0.2, 0.25) is 0 Å². The van der Waals surface area contributed by atoms with Crippen LogP contribution in [0.2, 0.25) is 0 Å². The van der Waals surface area contributed by atoms with Crippen LogP contribution in [-0.4, -0.2) is 18.3 Å². The predicted molar refractivity (Wildman–Crippen MR) is 75.1 cm³/mol. The zero-order valence-electron chi connectivity index (χ0n) is 11.1. The molecule has 19 heavy (non-hydrogen) atoms. The van der Waals surface area contributed by atoms with Gasteiger partial charge >= 0.3 is 0 Å². The number of alkyl halides is 1. The van der Waals surface area contributed by atoms with Crippen LogP contribution >= 0.6 is 11.6 Å². The van der Waals surface area contributed by atoms with E-state index in [2.05, 4.69) is 5.32 Å². The molecule has 1 aliphatic carbocycles. The molecular weight excluding hydrogens is 265 g/mol. The molecule has 2 nitrogen and oxygen atoms in total. The van der Waals surface area contributed by atoms with Gasteiger partial charge in [-0.25, -0.2) is 4.39 Å². The van der Waals surface area contributed by atoms with Crippen molar-refractivity contribution in [1.82, 2.24) is 5.32 Å². The zero-order chi connectivity index (χ0) is 13.9. The van der Waals surface area contributed by atoms with Gasteiger partial charge in [-0.05, 0) is 31.9 Å². The van der Waals surface area contributed by atoms with Crippen LogP contribution in [0.4, 0.5) is 4.39 Å². The third-order valence-electron chi connectivity index (χ3n) is 3.94. The minimum Gasteiger partial charge on any atom is -0.351 e. The van der Waals surface area contributed by atoms with Crippen LogP contribution in [0.25, 0.3) is 0 Å². The van der Waals surface area contributed by atoms with Gasteiger partial charge in [0.15, 0.2) is 0 Å². The number of halogens is 2. The fourth-order valence-corrected chi connectivity index (χ4v) is 3.02. The number of hydrogen-bond acceptors (Lipinski definition) is 1. The molecule has 0 aromatic heterocycles. The second-order valence-electron chi connectivity index (χ2n) is 5.51. The Morgan fingerprint density at radius 2 is 2.11 bits per heavy atom. The molecule has 1 fully saturated rings. The maximum absolute atomic E-state index is 13.6. The van der Waals surface area contributed by atoms with Crippen molar-refractivity contribution in [2.45, 2.75) is 32.6 Å². The lowest BCUT2D eigenvalue weighted by atomic mass is 9.88. The highest BCUT2D eigenvalue weighted by molar-refractivity contribution is 6.18. The molecule has 0 bridgehead atoms. The van der Waals surface area contributed by atoms with Crippen molar-refractivity contribution in [2.75, 3.05) is 12.4 Å². The van der Waals surface area contributed by atoms with E-state index in [1.807, 2.05) is 6.92 Å². The first-order valence-electron chi connectivity index (χ1n) is 6.67. The summed E-state index contributed by atoms with van der Waals surface area (Å²) in [6.45, 7) is 2.37. The van der Waals surface area contributed by atoms with Crippen LogP contribution in [0.1, 0.15) is 41.6 Å². The lowest BCUT2D eigenvalue weighted by Gasteiger charge is -2.26. The molecule has 1 aliphatic rings. The van der Waals surface area contributed by atoms with E-state index in [9.17, 15) is 9.18 Å². The summed E-state index contributed by atoms with van der Waals surface area (Å²) < 4.78 is 13.6. The van der Waals surface area contributed by atoms with Gasteiger partial charge in [-0.3, -0.25) is 4.79 Å². The summed E-state index contributed by atoms with van der Waals surface area (Å²) in [5, 5.41) is 2.84. The lowest BCUT2D eigenvalue weighted by molar-refractivity contribution is 0.0931. The Hall–Kier alpha value is -1.09. The van der Waals surface area contributed by atoms with Crippen molar-refractivity contribution in [3.63, 3.8) is 0 Å². The highest BCUT2D eigenvalue weighted by Gasteiger charge is 2.33. The minimum absolute atomic E-state index is 0.00246. The topological polar surface area (TPSA) is 29.1 Å². The summed E-state index contributed by atoms with van der Waals surface area (Å²) in [7, 11) is 0. The number of hydrogen-bond donors (Lipinski definition) is 1. The number of rotatable bonds is 4. The number of nitrogens with one attached hydrogen (secondary N) is 1. The Balaban J connectivity index is 2.03. The van der Waals surface area contributed by atoms with Gasteiger partial charge in [0.25, 0.3) is 5.91 Å². The van der Waals surface area contributed by atoms with Gasteiger partial charge in [0, 0.05) is 17.8 Å². The van der Waals surface area contributed by atoms with Crippen LogP contribution in [0.15, 0.2) is 18.2 Å². The van der Waals surface area contributed by atoms with E-state index in [0.29, 0.717) is 12.4 Å². The van der Waals surface area contributed by atoms with Crippen LogP contribution in [0.5, 0.6) is 0 Å². The molecule has 1 saturated carbocycles. The average molecular weight is 284 g/mol. The molecule has 0 aliphatic heterocycles. The van der Waals surface area contributed by atoms with E-state index in [-0.39, 0.29) is 16.9 Å². The van der Waals surface area contributed by atoms with Crippen LogP contribution in [-0.2, 0) is 0 Å². The minimum atomic E-state index is -0.477. The maximum Gasteiger partial charge on any atom is 0.254 e. The second-order valence-corrected chi connectivity index (χ2v) is 5.77. The Kier molecular flexibility index (Phi) is 4.46. The van der Waals surface area contributed by atoms with Crippen molar-refractivity contribution in [2.24, 2.45) is 5.41 Å². The first-order chi connectivity index (χ1) is 9.06. The van der Waals surface area contributed by atoms with E-state index in [0.717, 1.165) is 31.2 Å². The average Bonchev–Trinajstić information content (AvgIpc) is 2.88. The van der Waals surface area contributed by atoms with Gasteiger partial charge in [0.1, 0.15) is 5.82 Å². The molecular formula is C15H19ClFNO. The van der Waals surface area contributed by atoms with Crippen LogP contribution in [0, 0.1) is 18.2 Å². The quantitative estimate of drug-likeness (QED) is 0.840. The Labute approximate surface area is 118 Å². The Bertz CT molecular complexity index is 469. The second kappa shape index (κ2) is 5.91. The third-order valence-corrected chi connectivity index (χ3v) is 4.51. The zero-order valence-corrected chi connectivity index (χ0v) is 11.9. The lowest BCUT2D eigenvalue weighted by Crippen LogP contribution is -2.37. The molecule has 1 aromatic carbocycles. The first-order valence-corrected chi connectivity index (χ1v) is 7.20. The van der Waals surface area contributed by atoms with Crippen molar-refractivity contribution in [1.29, 1.82) is 0 Å². The van der Waals surface area contributed by atoms with Crippen molar-refractivity contribution < 1.29 is 9.18 Å². The summed E-state index contributed by atoms with van der Waals surface area (Å²) in [5.41, 5.74) is 0.986. The molecule has 0 unspecified atom stereocenters. The molecule has 0 spiro atoms. The number of amides is 1. The van der Waals surface area contributed by atoms with E-state index >= 15 is 0 Å². The highest BCUT2D eigenvalue weighted by atomic mass is 35.5. The van der Waals surface area contributed by atoms with Crippen LogP contribution in [0.3, 0.4) is 0 Å². The molecule has 0 heterocycles. The SMILES string of the molecule is Cc1ccc(F)c(C(=O)NCC2(CCl)CCCC2)c1. The number of carbonyl (C=O) groups excluding carboxylic acids is 1. The number of aryl methyl sites for hydroxylation is 1. The molecule has 0 saturated heterocycles. The normalized spacial score (nSPS) is 17.4. The molecule has 1 amide bonds. The largest absolute Gasteiger partial charge is 0.351 e. The number of benzene rings is 1. The van der Waals surface area contributed by atoms with Gasteiger partial charge in [-0.15, -0.1) is 11.6 Å². The Morgan fingerprint density at radius 3 is 2.74 bits per heavy atom. The maximum atomic E-state index is 13.6. The Morgan fingerprint density at radius 1 is 1.42 bits per heavy atom. The third kappa shape index (κ3) is 3.27. The molecule has 4 heteroatoms. The molecule has 104 valence electrons. The van der Waals surface area contributed by atoms with Gasteiger partial charge in [-0.1, -0.05) is 24.5 Å². The van der Waals surface area contributed by atoms with Gasteiger partial charge in [-0.2, -0.15) is 0 Å². The molecule has 2 rings (SSSR count). The fourth-order valence-electron chi connectivity index (χ4n) is 2.66. The first kappa shape index (κ1) is 14.3. The van der Waals surface area contributed by atoms with E-state index in [1.54, 1.807) is 12.1 Å². The predicted octanol–water partition coefficient (Wildman–Crippen LogP) is 3.66. The molecule has 0 atom stereocenters. The summed E-state index contributed by atoms with van der Waals surface area (Å²) in [6, 6.07) is 4.56. The summed E-state index contributed by atoms with van der Waals surface area (Å²) in [6.07, 6.45) is 4.38. The molecule has 1 N–H and O–H groups in total. The summed E-state index contributed by atoms with van der Waals surface area (Å²) >= 11 is 6.03. The smallest absolute Gasteiger partial charge is 0.254 e. The molecule has 0 radical (unpaired) electrons. The van der Waals surface area contributed by atoms with Crippen molar-refractivity contribution in [3.05, 3.63) is 35.1 Å².